The number of hydrogen-bond donors (Lipinski definition) is 1. The van der Waals surface area contributed by atoms with Gasteiger partial charge in [0.1, 0.15) is 5.82 Å². The summed E-state index contributed by atoms with van der Waals surface area (Å²) in [6, 6.07) is 7.13. The van der Waals surface area contributed by atoms with Gasteiger partial charge in [-0.15, -0.1) is 0 Å². The zero-order chi connectivity index (χ0) is 13.3. The lowest BCUT2D eigenvalue weighted by molar-refractivity contribution is 0.506. The van der Waals surface area contributed by atoms with Crippen LogP contribution in [0.25, 0.3) is 0 Å². The van der Waals surface area contributed by atoms with E-state index < -0.39 is 23.5 Å². The summed E-state index contributed by atoms with van der Waals surface area (Å²) in [6.07, 6.45) is 0. The van der Waals surface area contributed by atoms with Crippen LogP contribution in [0.5, 0.6) is 0 Å². The molecule has 2 N–H and O–H groups in total. The van der Waals surface area contributed by atoms with Crippen molar-refractivity contribution in [3.8, 4) is 0 Å². The fourth-order valence-corrected chi connectivity index (χ4v) is 1.84. The van der Waals surface area contributed by atoms with Crippen LogP contribution in [0, 0.1) is 24.4 Å². The molecule has 0 aliphatic rings. The first-order chi connectivity index (χ1) is 8.47. The van der Waals surface area contributed by atoms with Gasteiger partial charge in [-0.1, -0.05) is 12.1 Å². The molecule has 18 heavy (non-hydrogen) atoms. The smallest absolute Gasteiger partial charge is 0.159 e. The van der Waals surface area contributed by atoms with Crippen LogP contribution < -0.4 is 5.73 Å². The summed E-state index contributed by atoms with van der Waals surface area (Å²) >= 11 is 0. The van der Waals surface area contributed by atoms with Crippen molar-refractivity contribution >= 4 is 0 Å². The Bertz CT molecular complexity index is 561. The largest absolute Gasteiger partial charge is 0.320 e. The molecule has 4 heteroatoms. The van der Waals surface area contributed by atoms with E-state index in [4.69, 9.17) is 5.73 Å². The molecular weight excluding hydrogens is 239 g/mol. The zero-order valence-electron chi connectivity index (χ0n) is 9.75. The number of aryl methyl sites for hydroxylation is 1. The van der Waals surface area contributed by atoms with E-state index in [2.05, 4.69) is 0 Å². The van der Waals surface area contributed by atoms with Crippen molar-refractivity contribution in [2.24, 2.45) is 5.73 Å². The van der Waals surface area contributed by atoms with Crippen molar-refractivity contribution in [3.63, 3.8) is 0 Å². The molecule has 94 valence electrons. The topological polar surface area (TPSA) is 26.0 Å². The number of hydrogen-bond acceptors (Lipinski definition) is 1. The first-order valence-corrected chi connectivity index (χ1v) is 5.45. The third-order valence-corrected chi connectivity index (χ3v) is 2.73. The second kappa shape index (κ2) is 4.82. The van der Waals surface area contributed by atoms with Gasteiger partial charge in [-0.05, 0) is 47.9 Å². The molecule has 0 saturated heterocycles. The zero-order valence-corrected chi connectivity index (χ0v) is 9.75. The monoisotopic (exact) mass is 251 g/mol. The van der Waals surface area contributed by atoms with Gasteiger partial charge in [0.15, 0.2) is 11.6 Å². The molecule has 2 aromatic rings. The predicted octanol–water partition coefficient (Wildman–Crippen LogP) is 3.46. The Morgan fingerprint density at radius 2 is 1.61 bits per heavy atom. The van der Waals surface area contributed by atoms with Gasteiger partial charge in [-0.25, -0.2) is 13.2 Å². The Kier molecular flexibility index (Phi) is 3.39. The first kappa shape index (κ1) is 12.6. The molecule has 0 radical (unpaired) electrons. The van der Waals surface area contributed by atoms with Gasteiger partial charge in [0.05, 0.1) is 6.04 Å². The van der Waals surface area contributed by atoms with Crippen LogP contribution in [0.4, 0.5) is 13.2 Å². The average molecular weight is 251 g/mol. The number of halogens is 3. The minimum Gasteiger partial charge on any atom is -0.320 e. The molecule has 1 unspecified atom stereocenters. The Morgan fingerprint density at radius 1 is 0.889 bits per heavy atom. The predicted molar refractivity (Wildman–Crippen MR) is 63.5 cm³/mol. The Balaban J connectivity index is 2.40. The van der Waals surface area contributed by atoms with Crippen molar-refractivity contribution in [2.45, 2.75) is 13.0 Å². The maximum Gasteiger partial charge on any atom is 0.159 e. The summed E-state index contributed by atoms with van der Waals surface area (Å²) < 4.78 is 39.2. The van der Waals surface area contributed by atoms with Crippen LogP contribution >= 0.6 is 0 Å². The molecule has 2 aromatic carbocycles. The van der Waals surface area contributed by atoms with E-state index in [1.807, 2.05) is 0 Å². The molecule has 0 amide bonds. The molecule has 0 aliphatic carbocycles. The molecule has 1 atom stereocenters. The lowest BCUT2D eigenvalue weighted by Crippen LogP contribution is -2.13. The quantitative estimate of drug-likeness (QED) is 0.869. The molecule has 0 aromatic heterocycles. The van der Waals surface area contributed by atoms with E-state index in [1.165, 1.54) is 18.2 Å². The van der Waals surface area contributed by atoms with Gasteiger partial charge in [0.2, 0.25) is 0 Å². The summed E-state index contributed by atoms with van der Waals surface area (Å²) in [5, 5.41) is 0. The third kappa shape index (κ3) is 2.54. The summed E-state index contributed by atoms with van der Waals surface area (Å²) in [4.78, 5) is 0. The summed E-state index contributed by atoms with van der Waals surface area (Å²) in [7, 11) is 0. The highest BCUT2D eigenvalue weighted by Crippen LogP contribution is 2.23. The van der Waals surface area contributed by atoms with Crippen molar-refractivity contribution in [1.29, 1.82) is 0 Å². The normalized spacial score (nSPS) is 12.5. The van der Waals surface area contributed by atoms with Crippen LogP contribution in [0.3, 0.4) is 0 Å². The van der Waals surface area contributed by atoms with Crippen LogP contribution in [-0.4, -0.2) is 0 Å². The highest BCUT2D eigenvalue weighted by Gasteiger charge is 2.13. The fraction of sp³-hybridized carbons (Fsp3) is 0.143. The Labute approximate surface area is 103 Å². The lowest BCUT2D eigenvalue weighted by atomic mass is 9.98. The van der Waals surface area contributed by atoms with Crippen molar-refractivity contribution in [1.82, 2.24) is 0 Å². The van der Waals surface area contributed by atoms with Crippen molar-refractivity contribution < 1.29 is 13.2 Å². The minimum atomic E-state index is -0.962. The van der Waals surface area contributed by atoms with Crippen LogP contribution in [0.1, 0.15) is 22.7 Å². The number of benzene rings is 2. The molecule has 0 aliphatic heterocycles. The average Bonchev–Trinajstić information content (AvgIpc) is 2.30. The molecule has 0 saturated carbocycles. The van der Waals surface area contributed by atoms with Crippen molar-refractivity contribution in [2.75, 3.05) is 0 Å². The van der Waals surface area contributed by atoms with E-state index in [1.54, 1.807) is 13.0 Å². The van der Waals surface area contributed by atoms with Gasteiger partial charge in [-0.2, -0.15) is 0 Å². The number of nitrogens with two attached hydrogens (primary N) is 1. The third-order valence-electron chi connectivity index (χ3n) is 2.73. The molecule has 0 bridgehead atoms. The lowest BCUT2D eigenvalue weighted by Gasteiger charge is -2.13. The second-order valence-electron chi connectivity index (χ2n) is 4.21. The molecule has 2 rings (SSSR count). The molecule has 0 fully saturated rings. The summed E-state index contributed by atoms with van der Waals surface area (Å²) in [6.45, 7) is 1.74. The van der Waals surface area contributed by atoms with Gasteiger partial charge in [-0.3, -0.25) is 0 Å². The van der Waals surface area contributed by atoms with Crippen LogP contribution in [0.15, 0.2) is 36.4 Å². The highest BCUT2D eigenvalue weighted by atomic mass is 19.2. The fourth-order valence-electron chi connectivity index (χ4n) is 1.84. The summed E-state index contributed by atoms with van der Waals surface area (Å²) in [5.41, 5.74) is 7.57. The molecule has 0 spiro atoms. The van der Waals surface area contributed by atoms with Crippen molar-refractivity contribution in [3.05, 3.63) is 70.5 Å². The highest BCUT2D eigenvalue weighted by molar-refractivity contribution is 5.34. The maximum absolute atomic E-state index is 13.3. The van der Waals surface area contributed by atoms with E-state index in [0.717, 1.165) is 17.7 Å². The van der Waals surface area contributed by atoms with Crippen LogP contribution in [-0.2, 0) is 0 Å². The number of rotatable bonds is 2. The van der Waals surface area contributed by atoms with E-state index >= 15 is 0 Å². The van der Waals surface area contributed by atoms with Gasteiger partial charge >= 0.3 is 0 Å². The molecular formula is C14H12F3N. The Morgan fingerprint density at radius 3 is 2.22 bits per heavy atom. The second-order valence-corrected chi connectivity index (χ2v) is 4.21. The first-order valence-electron chi connectivity index (χ1n) is 5.45. The van der Waals surface area contributed by atoms with Gasteiger partial charge in [0, 0.05) is 0 Å². The maximum atomic E-state index is 13.3. The SMILES string of the molecule is Cc1cc(F)cc(C(N)c2ccc(F)c(F)c2)c1. The van der Waals surface area contributed by atoms with Crippen LogP contribution in [0.2, 0.25) is 0 Å². The molecule has 0 heterocycles. The Hall–Kier alpha value is -1.81. The minimum absolute atomic E-state index is 0.400. The van der Waals surface area contributed by atoms with E-state index in [0.29, 0.717) is 11.1 Å². The van der Waals surface area contributed by atoms with Gasteiger partial charge < -0.3 is 5.73 Å². The van der Waals surface area contributed by atoms with E-state index in [-0.39, 0.29) is 0 Å². The molecule has 1 nitrogen and oxygen atoms in total. The summed E-state index contributed by atoms with van der Waals surface area (Å²) in [5.74, 6) is -2.29. The van der Waals surface area contributed by atoms with E-state index in [9.17, 15) is 13.2 Å². The standard InChI is InChI=1S/C14H12F3N/c1-8-4-10(6-11(15)5-8)14(18)9-2-3-12(16)13(17)7-9/h2-7,14H,18H2,1H3. The van der Waals surface area contributed by atoms with Gasteiger partial charge in [0.25, 0.3) is 0 Å².